The maximum atomic E-state index is 12.0. The molecular formula is C19H20BN5O4. The van der Waals surface area contributed by atoms with Gasteiger partial charge in [-0.25, -0.2) is 0 Å². The number of carbonyl (C=O) groups is 1. The van der Waals surface area contributed by atoms with Gasteiger partial charge in [0.1, 0.15) is 11.3 Å². The zero-order valence-corrected chi connectivity index (χ0v) is 15.8. The number of benzene rings is 1. The minimum Gasteiger partial charge on any atom is -0.532 e. The van der Waals surface area contributed by atoms with Crippen LogP contribution in [0.25, 0.3) is 6.08 Å². The average Bonchev–Trinajstić information content (AvgIpc) is 3.12. The van der Waals surface area contributed by atoms with Crippen LogP contribution >= 0.6 is 0 Å². The van der Waals surface area contributed by atoms with E-state index in [0.717, 1.165) is 16.8 Å². The molecule has 0 bridgehead atoms. The van der Waals surface area contributed by atoms with Crippen LogP contribution in [0.5, 0.6) is 5.75 Å². The Labute approximate surface area is 167 Å². The van der Waals surface area contributed by atoms with Gasteiger partial charge in [-0.05, 0) is 37.0 Å². The smallest absolute Gasteiger partial charge is 0.532 e. The van der Waals surface area contributed by atoms with Gasteiger partial charge in [0.15, 0.2) is 5.82 Å². The average molecular weight is 393 g/mol. The lowest BCUT2D eigenvalue weighted by atomic mass is 9.86. The Kier molecular flexibility index (Phi) is 5.00. The Morgan fingerprint density at radius 1 is 1.52 bits per heavy atom. The molecule has 2 atom stereocenters. The topological polar surface area (TPSA) is 135 Å². The molecule has 4 rings (SSSR count). The zero-order chi connectivity index (χ0) is 20.5. The molecule has 2 aliphatic rings. The second-order valence-electron chi connectivity index (χ2n) is 7.10. The van der Waals surface area contributed by atoms with Gasteiger partial charge >= 0.3 is 7.12 Å². The Hall–Kier alpha value is -3.29. The van der Waals surface area contributed by atoms with Crippen LogP contribution in [0.15, 0.2) is 24.3 Å². The molecule has 0 saturated carbocycles. The van der Waals surface area contributed by atoms with Crippen molar-refractivity contribution in [2.75, 3.05) is 18.5 Å². The van der Waals surface area contributed by atoms with Gasteiger partial charge in [0.2, 0.25) is 0 Å². The number of nitrogens with two attached hydrogens (primary N) is 1. The Balaban J connectivity index is 1.68. The monoisotopic (exact) mass is 393 g/mol. The summed E-state index contributed by atoms with van der Waals surface area (Å²) in [7, 11) is -0.969. The van der Waals surface area contributed by atoms with Crippen molar-refractivity contribution in [1.29, 1.82) is 5.26 Å². The van der Waals surface area contributed by atoms with Gasteiger partial charge in [0.05, 0.1) is 24.6 Å². The number of fused-ring (bicyclic) bond motifs is 1. The highest BCUT2D eigenvalue weighted by molar-refractivity contribution is 6.51. The van der Waals surface area contributed by atoms with Gasteiger partial charge in [-0.1, -0.05) is 6.08 Å². The second-order valence-corrected chi connectivity index (χ2v) is 7.10. The quantitative estimate of drug-likeness (QED) is 0.671. The Morgan fingerprint density at radius 2 is 2.34 bits per heavy atom. The van der Waals surface area contributed by atoms with Gasteiger partial charge in [0, 0.05) is 24.1 Å². The first-order valence-electron chi connectivity index (χ1n) is 9.27. The molecule has 0 spiro atoms. The number of aromatic nitrogens is 2. The van der Waals surface area contributed by atoms with Gasteiger partial charge in [0.25, 0.3) is 5.91 Å². The summed E-state index contributed by atoms with van der Waals surface area (Å²) in [6.45, 7) is 2.75. The predicted molar refractivity (Wildman–Crippen MR) is 106 cm³/mol. The van der Waals surface area contributed by atoms with Crippen molar-refractivity contribution < 1.29 is 19.2 Å². The van der Waals surface area contributed by atoms with Crippen molar-refractivity contribution in [2.45, 2.75) is 19.4 Å². The van der Waals surface area contributed by atoms with E-state index in [0.29, 0.717) is 31.2 Å². The Morgan fingerprint density at radius 3 is 3.10 bits per heavy atom. The first kappa shape index (κ1) is 19.0. The van der Waals surface area contributed by atoms with Crippen LogP contribution in [0.4, 0.5) is 11.5 Å². The first-order chi connectivity index (χ1) is 14.0. The number of hydrogen-bond acceptors (Lipinski definition) is 7. The van der Waals surface area contributed by atoms with E-state index in [1.54, 1.807) is 23.0 Å². The van der Waals surface area contributed by atoms with Crippen molar-refractivity contribution in [3.8, 4) is 11.8 Å². The second kappa shape index (κ2) is 7.62. The number of carbonyl (C=O) groups excluding carboxylic acids is 1. The van der Waals surface area contributed by atoms with Crippen molar-refractivity contribution in [2.24, 2.45) is 11.7 Å². The molecule has 0 radical (unpaired) electrons. The van der Waals surface area contributed by atoms with Gasteiger partial charge in [-0.2, -0.15) is 10.4 Å². The molecule has 10 heteroatoms. The molecule has 2 aromatic rings. The molecule has 1 aromatic heterocycles. The van der Waals surface area contributed by atoms with Crippen LogP contribution in [0.3, 0.4) is 0 Å². The summed E-state index contributed by atoms with van der Waals surface area (Å²) < 4.78 is 12.5. The standard InChI is InChI=1S/C19H20BN5O4/c1-11-6-17-12(2-4-20(27)29-17)7-15(11)23-19-14(18(22)26)9-25(24-19)16-10-28-5-3-13(16)8-21/h2,4,6-7,9,13,16,27H,3,5,10H2,1H3,(H2,22,26)(H,23,24)/t13?,16-/m0/s1. The van der Waals surface area contributed by atoms with E-state index in [-0.39, 0.29) is 17.5 Å². The number of aryl methyl sites for hydroxylation is 1. The number of rotatable bonds is 4. The van der Waals surface area contributed by atoms with Gasteiger partial charge in [-0.15, -0.1) is 0 Å². The zero-order valence-electron chi connectivity index (χ0n) is 15.8. The molecule has 1 aromatic carbocycles. The van der Waals surface area contributed by atoms with Gasteiger partial charge < -0.3 is 25.5 Å². The lowest BCUT2D eigenvalue weighted by Crippen LogP contribution is -2.29. The molecule has 9 nitrogen and oxygen atoms in total. The first-order valence-corrected chi connectivity index (χ1v) is 9.27. The molecule has 1 fully saturated rings. The number of nitrogens with one attached hydrogen (secondary N) is 1. The number of anilines is 2. The normalized spacial score (nSPS) is 20.5. The van der Waals surface area contributed by atoms with Crippen molar-refractivity contribution >= 4 is 30.6 Å². The summed E-state index contributed by atoms with van der Waals surface area (Å²) in [5, 5.41) is 26.7. The lowest BCUT2D eigenvalue weighted by Gasteiger charge is -2.27. The van der Waals surface area contributed by atoms with Crippen LogP contribution in [-0.2, 0) is 4.74 Å². The molecule has 2 aliphatic heterocycles. The van der Waals surface area contributed by atoms with E-state index in [4.69, 9.17) is 15.1 Å². The molecule has 4 N–H and O–H groups in total. The molecule has 1 amide bonds. The highest BCUT2D eigenvalue weighted by atomic mass is 16.5. The highest BCUT2D eigenvalue weighted by Crippen LogP contribution is 2.33. The van der Waals surface area contributed by atoms with Crippen molar-refractivity contribution in [1.82, 2.24) is 9.78 Å². The van der Waals surface area contributed by atoms with E-state index >= 15 is 0 Å². The van der Waals surface area contributed by atoms with Crippen LogP contribution in [-0.4, -0.2) is 41.0 Å². The fourth-order valence-corrected chi connectivity index (χ4v) is 3.52. The Bertz CT molecular complexity index is 1030. The van der Waals surface area contributed by atoms with Gasteiger partial charge in [-0.3, -0.25) is 9.48 Å². The van der Waals surface area contributed by atoms with Crippen molar-refractivity contribution in [3.63, 3.8) is 0 Å². The van der Waals surface area contributed by atoms with Crippen LogP contribution < -0.4 is 15.7 Å². The third-order valence-corrected chi connectivity index (χ3v) is 5.13. The third kappa shape index (κ3) is 3.70. The lowest BCUT2D eigenvalue weighted by molar-refractivity contribution is 0.0342. The maximum absolute atomic E-state index is 12.0. The summed E-state index contributed by atoms with van der Waals surface area (Å²) in [6.07, 6.45) is 3.93. The summed E-state index contributed by atoms with van der Waals surface area (Å²) in [5.41, 5.74) is 8.13. The number of nitriles is 1. The molecule has 1 saturated heterocycles. The highest BCUT2D eigenvalue weighted by Gasteiger charge is 2.30. The van der Waals surface area contributed by atoms with Crippen molar-refractivity contribution in [3.05, 3.63) is 41.0 Å². The van der Waals surface area contributed by atoms with E-state index < -0.39 is 13.0 Å². The molecule has 148 valence electrons. The van der Waals surface area contributed by atoms with E-state index in [2.05, 4.69) is 16.5 Å². The molecule has 1 unspecified atom stereocenters. The summed E-state index contributed by atoms with van der Waals surface area (Å²) >= 11 is 0. The number of primary amides is 1. The van der Waals surface area contributed by atoms with Crippen LogP contribution in [0.1, 0.15) is 33.9 Å². The number of ether oxygens (including phenoxy) is 1. The van der Waals surface area contributed by atoms with E-state index in [9.17, 15) is 15.1 Å². The summed E-state index contributed by atoms with van der Waals surface area (Å²) in [5.74, 6) is 1.54. The fraction of sp³-hybridized carbons (Fsp3) is 0.316. The fourth-order valence-electron chi connectivity index (χ4n) is 3.52. The van der Waals surface area contributed by atoms with Crippen LogP contribution in [0, 0.1) is 24.2 Å². The molecule has 29 heavy (non-hydrogen) atoms. The predicted octanol–water partition coefficient (Wildman–Crippen LogP) is 1.56. The van der Waals surface area contributed by atoms with E-state index in [1.807, 2.05) is 13.0 Å². The SMILES string of the molecule is Cc1cc2c(cc1Nc1nn([C@H]3COCCC3C#N)cc1C(N)=O)C=CB(O)O2. The summed E-state index contributed by atoms with van der Waals surface area (Å²) in [4.78, 5) is 12.0. The van der Waals surface area contributed by atoms with Crippen LogP contribution in [0.2, 0.25) is 0 Å². The maximum Gasteiger partial charge on any atom is 0.552 e. The molecule has 0 aliphatic carbocycles. The minimum absolute atomic E-state index is 0.228. The number of hydrogen-bond donors (Lipinski definition) is 3. The molecular weight excluding hydrogens is 373 g/mol. The third-order valence-electron chi connectivity index (χ3n) is 5.13. The molecule has 3 heterocycles. The largest absolute Gasteiger partial charge is 0.552 e. The summed E-state index contributed by atoms with van der Waals surface area (Å²) in [6, 6.07) is 5.64. The minimum atomic E-state index is -0.969. The van der Waals surface area contributed by atoms with E-state index in [1.165, 1.54) is 5.98 Å². The number of nitrogens with zero attached hydrogens (tertiary/aromatic N) is 3. The number of amides is 1.